The third-order valence-corrected chi connectivity index (χ3v) is 2.44. The normalized spacial score (nSPS) is 10.6. The number of aryl methyl sites for hydroxylation is 3. The molecule has 1 rings (SSSR count). The predicted molar refractivity (Wildman–Crippen MR) is 60.3 cm³/mol. The van der Waals surface area contributed by atoms with E-state index in [0.29, 0.717) is 6.42 Å². The Hall–Kier alpha value is -1.39. The molecule has 0 aliphatic rings. The first-order valence-electron chi connectivity index (χ1n) is 5.81. The van der Waals surface area contributed by atoms with E-state index in [0.717, 1.165) is 37.5 Å². The van der Waals surface area contributed by atoms with Crippen LogP contribution in [0.2, 0.25) is 0 Å². The molecule has 0 radical (unpaired) electrons. The van der Waals surface area contributed by atoms with E-state index in [2.05, 4.69) is 17.0 Å². The van der Waals surface area contributed by atoms with Crippen molar-refractivity contribution in [1.29, 1.82) is 0 Å². The van der Waals surface area contributed by atoms with E-state index in [1.165, 1.54) is 0 Å². The van der Waals surface area contributed by atoms with Gasteiger partial charge in [-0.3, -0.25) is 4.79 Å². The minimum atomic E-state index is -0.733. The van der Waals surface area contributed by atoms with E-state index in [4.69, 9.17) is 5.11 Å². The molecule has 0 aromatic carbocycles. The van der Waals surface area contributed by atoms with Crippen molar-refractivity contribution < 1.29 is 9.90 Å². The van der Waals surface area contributed by atoms with Crippen molar-refractivity contribution >= 4 is 5.97 Å². The number of rotatable bonds is 7. The Balaban J connectivity index is 2.45. The number of carbonyl (C=O) groups is 1. The van der Waals surface area contributed by atoms with Gasteiger partial charge in [0.1, 0.15) is 5.82 Å². The number of hydrogen-bond acceptors (Lipinski definition) is 3. The molecule has 0 aliphatic carbocycles. The quantitative estimate of drug-likeness (QED) is 0.716. The Kier molecular flexibility index (Phi) is 4.95. The van der Waals surface area contributed by atoms with Gasteiger partial charge in [-0.15, -0.1) is 0 Å². The second kappa shape index (κ2) is 6.25. The highest BCUT2D eigenvalue weighted by Gasteiger charge is 2.06. The molecule has 0 aliphatic heterocycles. The van der Waals surface area contributed by atoms with Crippen molar-refractivity contribution in [2.45, 2.75) is 52.5 Å². The lowest BCUT2D eigenvalue weighted by molar-refractivity contribution is -0.137. The number of carboxylic acid groups (broad SMARTS) is 1. The fourth-order valence-electron chi connectivity index (χ4n) is 1.55. The monoisotopic (exact) mass is 225 g/mol. The average molecular weight is 225 g/mol. The lowest BCUT2D eigenvalue weighted by Crippen LogP contribution is -2.06. The molecule has 0 bridgehead atoms. The maximum Gasteiger partial charge on any atom is 0.303 e. The van der Waals surface area contributed by atoms with Crippen LogP contribution in [0, 0.1) is 0 Å². The van der Waals surface area contributed by atoms with Crippen LogP contribution in [0.5, 0.6) is 0 Å². The number of carboxylic acids is 1. The first-order valence-corrected chi connectivity index (χ1v) is 5.81. The zero-order valence-electron chi connectivity index (χ0n) is 9.94. The second-order valence-electron chi connectivity index (χ2n) is 3.73. The van der Waals surface area contributed by atoms with Crippen LogP contribution < -0.4 is 0 Å². The maximum absolute atomic E-state index is 10.3. The van der Waals surface area contributed by atoms with Gasteiger partial charge in [0.2, 0.25) is 0 Å². The van der Waals surface area contributed by atoms with Crippen LogP contribution in [-0.4, -0.2) is 25.8 Å². The Morgan fingerprint density at radius 3 is 2.62 bits per heavy atom. The highest BCUT2D eigenvalue weighted by atomic mass is 16.4. The summed E-state index contributed by atoms with van der Waals surface area (Å²) in [6.45, 7) is 4.85. The summed E-state index contributed by atoms with van der Waals surface area (Å²) in [7, 11) is 0. The van der Waals surface area contributed by atoms with Gasteiger partial charge in [-0.2, -0.15) is 5.10 Å². The molecule has 0 saturated heterocycles. The van der Waals surface area contributed by atoms with Gasteiger partial charge in [-0.1, -0.05) is 13.8 Å². The van der Waals surface area contributed by atoms with Crippen LogP contribution in [0.1, 0.15) is 44.8 Å². The van der Waals surface area contributed by atoms with Gasteiger partial charge in [0, 0.05) is 25.8 Å². The lowest BCUT2D eigenvalue weighted by atomic mass is 10.2. The molecule has 5 heteroatoms. The summed E-state index contributed by atoms with van der Waals surface area (Å²) in [6, 6.07) is 0. The first-order chi connectivity index (χ1) is 7.67. The summed E-state index contributed by atoms with van der Waals surface area (Å²) >= 11 is 0. The summed E-state index contributed by atoms with van der Waals surface area (Å²) < 4.78 is 1.90. The van der Waals surface area contributed by atoms with E-state index < -0.39 is 5.97 Å². The fourth-order valence-corrected chi connectivity index (χ4v) is 1.55. The van der Waals surface area contributed by atoms with Crippen LogP contribution >= 0.6 is 0 Å². The minimum absolute atomic E-state index is 0.233. The summed E-state index contributed by atoms with van der Waals surface area (Å²) in [6.07, 6.45) is 3.48. The SMILES string of the molecule is CCc1nc(CC)n(CCCCC(=O)O)n1. The number of unbranched alkanes of at least 4 members (excludes halogenated alkanes) is 1. The Labute approximate surface area is 95.5 Å². The van der Waals surface area contributed by atoms with E-state index in [1.54, 1.807) is 0 Å². The van der Waals surface area contributed by atoms with Gasteiger partial charge < -0.3 is 5.11 Å². The highest BCUT2D eigenvalue weighted by molar-refractivity contribution is 5.66. The van der Waals surface area contributed by atoms with Gasteiger partial charge in [-0.25, -0.2) is 9.67 Å². The van der Waals surface area contributed by atoms with Gasteiger partial charge >= 0.3 is 5.97 Å². The van der Waals surface area contributed by atoms with E-state index in [9.17, 15) is 4.79 Å². The zero-order valence-corrected chi connectivity index (χ0v) is 9.94. The third-order valence-electron chi connectivity index (χ3n) is 2.44. The largest absolute Gasteiger partial charge is 0.481 e. The van der Waals surface area contributed by atoms with E-state index in [-0.39, 0.29) is 6.42 Å². The molecule has 0 saturated carbocycles. The van der Waals surface area contributed by atoms with Gasteiger partial charge in [0.25, 0.3) is 0 Å². The van der Waals surface area contributed by atoms with Crippen molar-refractivity contribution in [1.82, 2.24) is 14.8 Å². The summed E-state index contributed by atoms with van der Waals surface area (Å²) in [5.74, 6) is 1.13. The molecular weight excluding hydrogens is 206 g/mol. The number of aromatic nitrogens is 3. The molecule has 0 amide bonds. The molecule has 1 aromatic heterocycles. The standard InChI is InChI=1S/C11H19N3O2/c1-3-9-12-10(4-2)14(13-9)8-6-5-7-11(15)16/h3-8H2,1-2H3,(H,15,16). The van der Waals surface area contributed by atoms with Crippen LogP contribution in [0.15, 0.2) is 0 Å². The Morgan fingerprint density at radius 1 is 1.31 bits per heavy atom. The van der Waals surface area contributed by atoms with Crippen molar-refractivity contribution in [3.8, 4) is 0 Å². The zero-order chi connectivity index (χ0) is 12.0. The summed E-state index contributed by atoms with van der Waals surface area (Å²) in [4.78, 5) is 14.7. The van der Waals surface area contributed by atoms with E-state index in [1.807, 2.05) is 11.6 Å². The van der Waals surface area contributed by atoms with Crippen molar-refractivity contribution in [3.63, 3.8) is 0 Å². The second-order valence-corrected chi connectivity index (χ2v) is 3.73. The van der Waals surface area contributed by atoms with Gasteiger partial charge in [0.05, 0.1) is 0 Å². The molecule has 1 N–H and O–H groups in total. The molecule has 16 heavy (non-hydrogen) atoms. The van der Waals surface area contributed by atoms with Crippen LogP contribution in [0.4, 0.5) is 0 Å². The lowest BCUT2D eigenvalue weighted by Gasteiger charge is -2.02. The molecule has 0 spiro atoms. The minimum Gasteiger partial charge on any atom is -0.481 e. The molecule has 90 valence electrons. The highest BCUT2D eigenvalue weighted by Crippen LogP contribution is 2.04. The summed E-state index contributed by atoms with van der Waals surface area (Å²) in [5, 5.41) is 12.9. The molecule has 0 unspecified atom stereocenters. The van der Waals surface area contributed by atoms with Crippen LogP contribution in [0.25, 0.3) is 0 Å². The van der Waals surface area contributed by atoms with E-state index >= 15 is 0 Å². The van der Waals surface area contributed by atoms with Gasteiger partial charge in [0.15, 0.2) is 5.82 Å². The van der Waals surface area contributed by atoms with Crippen molar-refractivity contribution in [2.24, 2.45) is 0 Å². The number of hydrogen-bond donors (Lipinski definition) is 1. The number of aliphatic carboxylic acids is 1. The molecule has 1 aromatic rings. The molecule has 0 atom stereocenters. The smallest absolute Gasteiger partial charge is 0.303 e. The Morgan fingerprint density at radius 2 is 2.06 bits per heavy atom. The Bertz CT molecular complexity index is 347. The first kappa shape index (κ1) is 12.7. The van der Waals surface area contributed by atoms with Gasteiger partial charge in [-0.05, 0) is 12.8 Å². The van der Waals surface area contributed by atoms with Crippen molar-refractivity contribution in [2.75, 3.05) is 0 Å². The molecule has 0 fully saturated rings. The topological polar surface area (TPSA) is 68.0 Å². The van der Waals surface area contributed by atoms with Crippen molar-refractivity contribution in [3.05, 3.63) is 11.6 Å². The number of nitrogens with zero attached hydrogens (tertiary/aromatic N) is 3. The maximum atomic E-state index is 10.3. The molecular formula is C11H19N3O2. The average Bonchev–Trinajstić information content (AvgIpc) is 2.66. The van der Waals surface area contributed by atoms with Crippen LogP contribution in [0.3, 0.4) is 0 Å². The summed E-state index contributed by atoms with van der Waals surface area (Å²) in [5.41, 5.74) is 0. The van der Waals surface area contributed by atoms with Crippen LogP contribution in [-0.2, 0) is 24.2 Å². The fraction of sp³-hybridized carbons (Fsp3) is 0.727. The predicted octanol–water partition coefficient (Wildman–Crippen LogP) is 1.66. The third kappa shape index (κ3) is 3.64. The molecule has 5 nitrogen and oxygen atoms in total. The molecule has 1 heterocycles.